The summed E-state index contributed by atoms with van der Waals surface area (Å²) in [6.45, 7) is 1.21. The van der Waals surface area contributed by atoms with Crippen LogP contribution in [0.2, 0.25) is 0 Å². The van der Waals surface area contributed by atoms with Crippen molar-refractivity contribution in [3.8, 4) is 0 Å². The standard InChI is InChI=1S/C20H18FN5O2S.3ClH/c21-13-4-3-8-23-15(13)10-24-20(27)16-12-29-19(26-16)7-9-22-11-18-25-14-5-1-2-6-17(14)28-18;;;/h1-6,8,12,22H,7,9-11H2,(H,24,27);3*1H. The minimum atomic E-state index is -0.447. The zero-order valence-corrected chi connectivity index (χ0v) is 19.9. The lowest BCUT2D eigenvalue weighted by Crippen LogP contribution is -2.24. The second-order valence-electron chi connectivity index (χ2n) is 6.24. The smallest absolute Gasteiger partial charge is 0.271 e. The van der Waals surface area contributed by atoms with E-state index in [1.165, 1.54) is 29.7 Å². The molecule has 0 spiro atoms. The molecule has 12 heteroatoms. The summed E-state index contributed by atoms with van der Waals surface area (Å²) in [7, 11) is 0. The van der Waals surface area contributed by atoms with Crippen molar-refractivity contribution in [2.24, 2.45) is 0 Å². The normalized spacial score (nSPS) is 10.0. The minimum Gasteiger partial charge on any atom is -0.439 e. The van der Waals surface area contributed by atoms with Gasteiger partial charge in [-0.3, -0.25) is 9.78 Å². The molecule has 3 heterocycles. The molecule has 1 aromatic carbocycles. The summed E-state index contributed by atoms with van der Waals surface area (Å²) >= 11 is 1.41. The van der Waals surface area contributed by atoms with Crippen molar-refractivity contribution in [2.75, 3.05) is 6.54 Å². The van der Waals surface area contributed by atoms with Gasteiger partial charge < -0.3 is 15.1 Å². The first kappa shape index (κ1) is 27.7. The molecule has 0 bridgehead atoms. The van der Waals surface area contributed by atoms with Crippen molar-refractivity contribution in [3.05, 3.63) is 76.1 Å². The average Bonchev–Trinajstić information content (AvgIpc) is 3.37. The first-order valence-electron chi connectivity index (χ1n) is 9.06. The number of halogens is 4. The Morgan fingerprint density at radius 3 is 2.66 bits per heavy atom. The number of oxazole rings is 1. The number of nitrogens with zero attached hydrogens (tertiary/aromatic N) is 3. The number of amides is 1. The van der Waals surface area contributed by atoms with Gasteiger partial charge in [0.1, 0.15) is 17.0 Å². The van der Waals surface area contributed by atoms with Crippen LogP contribution in [0.4, 0.5) is 4.39 Å². The highest BCUT2D eigenvalue weighted by Gasteiger charge is 2.12. The molecule has 3 aromatic heterocycles. The Bertz CT molecular complexity index is 1110. The van der Waals surface area contributed by atoms with Gasteiger partial charge in [0.25, 0.3) is 5.91 Å². The predicted octanol–water partition coefficient (Wildman–Crippen LogP) is 4.35. The van der Waals surface area contributed by atoms with Crippen molar-refractivity contribution in [3.63, 3.8) is 0 Å². The summed E-state index contributed by atoms with van der Waals surface area (Å²) in [5, 5.41) is 8.43. The van der Waals surface area contributed by atoms with Crippen LogP contribution in [0, 0.1) is 5.82 Å². The van der Waals surface area contributed by atoms with E-state index in [1.807, 2.05) is 24.3 Å². The van der Waals surface area contributed by atoms with E-state index in [2.05, 4.69) is 25.6 Å². The van der Waals surface area contributed by atoms with Gasteiger partial charge in [0.05, 0.1) is 23.8 Å². The number of hydrogen-bond donors (Lipinski definition) is 2. The third kappa shape index (κ3) is 7.11. The molecular formula is C20H21Cl3FN5O2S. The number of carbonyl (C=O) groups excluding carboxylic acids is 1. The van der Waals surface area contributed by atoms with E-state index < -0.39 is 5.82 Å². The zero-order chi connectivity index (χ0) is 20.1. The molecule has 0 radical (unpaired) electrons. The SMILES string of the molecule is Cl.Cl.Cl.O=C(NCc1ncccc1F)c1csc(CCNCc2nc3ccccc3o2)n1. The van der Waals surface area contributed by atoms with Gasteiger partial charge in [0.15, 0.2) is 5.58 Å². The highest BCUT2D eigenvalue weighted by Crippen LogP contribution is 2.14. The molecule has 32 heavy (non-hydrogen) atoms. The van der Waals surface area contributed by atoms with E-state index in [4.69, 9.17) is 4.42 Å². The Kier molecular flexibility index (Phi) is 11.5. The fourth-order valence-electron chi connectivity index (χ4n) is 2.72. The number of carbonyl (C=O) groups is 1. The monoisotopic (exact) mass is 519 g/mol. The number of pyridine rings is 1. The molecule has 0 fully saturated rings. The van der Waals surface area contributed by atoms with Gasteiger partial charge >= 0.3 is 0 Å². The van der Waals surface area contributed by atoms with Crippen molar-refractivity contribution in [1.29, 1.82) is 0 Å². The topological polar surface area (TPSA) is 92.9 Å². The molecule has 7 nitrogen and oxygen atoms in total. The molecule has 0 atom stereocenters. The number of thiazole rings is 1. The van der Waals surface area contributed by atoms with Crippen LogP contribution >= 0.6 is 48.6 Å². The fourth-order valence-corrected chi connectivity index (χ4v) is 3.50. The van der Waals surface area contributed by atoms with Gasteiger partial charge in [-0.25, -0.2) is 14.4 Å². The zero-order valence-electron chi connectivity index (χ0n) is 16.6. The molecule has 2 N–H and O–H groups in total. The van der Waals surface area contributed by atoms with Crippen LogP contribution in [0.1, 0.15) is 27.1 Å². The highest BCUT2D eigenvalue weighted by molar-refractivity contribution is 7.09. The highest BCUT2D eigenvalue weighted by atomic mass is 35.5. The number of fused-ring (bicyclic) bond motifs is 1. The van der Waals surface area contributed by atoms with Gasteiger partial charge in [-0.15, -0.1) is 48.6 Å². The molecule has 0 aliphatic heterocycles. The number of rotatable bonds is 8. The summed E-state index contributed by atoms with van der Waals surface area (Å²) in [6.07, 6.45) is 2.16. The first-order chi connectivity index (χ1) is 14.2. The molecule has 0 aliphatic carbocycles. The lowest BCUT2D eigenvalue weighted by atomic mass is 10.3. The van der Waals surface area contributed by atoms with Crippen molar-refractivity contribution >= 4 is 65.6 Å². The number of hydrogen-bond acceptors (Lipinski definition) is 7. The summed E-state index contributed by atoms with van der Waals surface area (Å²) in [5.74, 6) is -0.166. The van der Waals surface area contributed by atoms with Crippen LogP contribution in [0.3, 0.4) is 0 Å². The van der Waals surface area contributed by atoms with Crippen LogP contribution < -0.4 is 10.6 Å². The molecule has 0 unspecified atom stereocenters. The minimum absolute atomic E-state index is 0. The van der Waals surface area contributed by atoms with Gasteiger partial charge in [-0.05, 0) is 24.3 Å². The maximum Gasteiger partial charge on any atom is 0.271 e. The Morgan fingerprint density at radius 2 is 1.88 bits per heavy atom. The maximum absolute atomic E-state index is 13.6. The van der Waals surface area contributed by atoms with Crippen LogP contribution in [0.15, 0.2) is 52.4 Å². The molecule has 0 aliphatic rings. The molecule has 172 valence electrons. The molecule has 1 amide bonds. The Hall–Kier alpha value is -2.30. The van der Waals surface area contributed by atoms with E-state index in [-0.39, 0.29) is 55.4 Å². The van der Waals surface area contributed by atoms with Gasteiger partial charge in [0.2, 0.25) is 5.89 Å². The largest absolute Gasteiger partial charge is 0.439 e. The van der Waals surface area contributed by atoms with E-state index in [0.717, 1.165) is 16.1 Å². The van der Waals surface area contributed by atoms with E-state index in [1.54, 1.807) is 5.38 Å². The van der Waals surface area contributed by atoms with Crippen LogP contribution in [-0.2, 0) is 19.5 Å². The summed E-state index contributed by atoms with van der Waals surface area (Å²) in [6, 6.07) is 10.4. The summed E-state index contributed by atoms with van der Waals surface area (Å²) in [5.41, 5.74) is 2.12. The second-order valence-corrected chi connectivity index (χ2v) is 7.19. The van der Waals surface area contributed by atoms with E-state index in [9.17, 15) is 9.18 Å². The summed E-state index contributed by atoms with van der Waals surface area (Å²) < 4.78 is 19.2. The van der Waals surface area contributed by atoms with Crippen molar-refractivity contribution < 1.29 is 13.6 Å². The van der Waals surface area contributed by atoms with Crippen molar-refractivity contribution in [1.82, 2.24) is 25.6 Å². The van der Waals surface area contributed by atoms with Crippen molar-refractivity contribution in [2.45, 2.75) is 19.5 Å². The maximum atomic E-state index is 13.6. The van der Waals surface area contributed by atoms with Gasteiger partial charge in [0, 0.05) is 24.5 Å². The third-order valence-corrected chi connectivity index (χ3v) is 5.07. The average molecular weight is 521 g/mol. The van der Waals surface area contributed by atoms with Gasteiger partial charge in [-0.2, -0.15) is 0 Å². The van der Waals surface area contributed by atoms with Crippen LogP contribution in [0.25, 0.3) is 11.1 Å². The quantitative estimate of drug-likeness (QED) is 0.336. The molecule has 4 rings (SSSR count). The predicted molar refractivity (Wildman–Crippen MR) is 129 cm³/mol. The van der Waals surface area contributed by atoms with E-state index >= 15 is 0 Å². The Morgan fingerprint density at radius 1 is 1.06 bits per heavy atom. The number of benzene rings is 1. The number of aromatic nitrogens is 3. The summed E-state index contributed by atoms with van der Waals surface area (Å²) in [4.78, 5) is 24.8. The lowest BCUT2D eigenvalue weighted by molar-refractivity contribution is 0.0945. The molecule has 0 saturated heterocycles. The number of para-hydroxylation sites is 2. The molecule has 4 aromatic rings. The van der Waals surface area contributed by atoms with E-state index in [0.29, 0.717) is 31.1 Å². The Balaban J connectivity index is 0.00000171. The second kappa shape index (κ2) is 13.3. The van der Waals surface area contributed by atoms with Gasteiger partial charge in [-0.1, -0.05) is 12.1 Å². The molecule has 0 saturated carbocycles. The Labute approximate surface area is 206 Å². The lowest BCUT2D eigenvalue weighted by Gasteiger charge is -2.03. The fraction of sp³-hybridized carbons (Fsp3) is 0.200. The first-order valence-corrected chi connectivity index (χ1v) is 9.94. The number of nitrogens with one attached hydrogen (secondary N) is 2. The molecular weight excluding hydrogens is 500 g/mol. The van der Waals surface area contributed by atoms with Crippen LogP contribution in [0.5, 0.6) is 0 Å². The third-order valence-electron chi connectivity index (χ3n) is 4.17. The van der Waals surface area contributed by atoms with Crippen LogP contribution in [-0.4, -0.2) is 27.4 Å².